The molecule has 0 aromatic rings. The topological polar surface area (TPSA) is 71.1 Å². The Labute approximate surface area is 165 Å². The molecule has 0 saturated carbocycles. The molecule has 1 heterocycles. The fourth-order valence-corrected chi connectivity index (χ4v) is 1.64. The van der Waals surface area contributed by atoms with Crippen molar-refractivity contribution in [2.24, 2.45) is 0 Å². The van der Waals surface area contributed by atoms with Crippen molar-refractivity contribution in [3.05, 3.63) is 0 Å². The number of rotatable bonds is 6. The monoisotopic (exact) mass is 512 g/mol. The molecule has 0 spiro atoms. The van der Waals surface area contributed by atoms with E-state index in [1.54, 1.807) is 0 Å². The van der Waals surface area contributed by atoms with Crippen LogP contribution in [0.5, 0.6) is 0 Å². The first-order valence-electron chi connectivity index (χ1n) is 7.32. The number of halogens is 14. The maximum atomic E-state index is 13.2. The Morgan fingerprint density at radius 1 is 0.562 bits per heavy atom. The Morgan fingerprint density at radius 2 is 0.812 bits per heavy atom. The minimum absolute atomic E-state index is 0.914. The Bertz CT molecular complexity index is 654. The van der Waals surface area contributed by atoms with Crippen molar-refractivity contribution in [1.29, 1.82) is 0 Å². The summed E-state index contributed by atoms with van der Waals surface area (Å²) in [5.74, 6) is -34.9. The average Bonchev–Trinajstić information content (AvgIpc) is 2.60. The lowest BCUT2D eigenvalue weighted by Gasteiger charge is -2.34. The second-order valence-corrected chi connectivity index (χ2v) is 5.58. The van der Waals surface area contributed by atoms with Crippen LogP contribution in [0.3, 0.4) is 0 Å². The second kappa shape index (κ2) is 8.34. The summed E-state index contributed by atoms with van der Waals surface area (Å²) in [5, 5.41) is 0. The van der Waals surface area contributed by atoms with Crippen LogP contribution in [0.15, 0.2) is 0 Å². The molecule has 1 fully saturated rings. The van der Waals surface area contributed by atoms with Crippen molar-refractivity contribution in [3.63, 3.8) is 0 Å². The van der Waals surface area contributed by atoms with Crippen molar-refractivity contribution in [1.82, 2.24) is 0 Å². The minimum atomic E-state index is -7.05. The van der Waals surface area contributed by atoms with Gasteiger partial charge < -0.3 is 18.9 Å². The molecule has 2 unspecified atom stereocenters. The van der Waals surface area contributed by atoms with Gasteiger partial charge in [0, 0.05) is 0 Å². The van der Waals surface area contributed by atoms with Crippen LogP contribution in [0.25, 0.3) is 0 Å². The van der Waals surface area contributed by atoms with Gasteiger partial charge in [0.1, 0.15) is 0 Å². The summed E-state index contributed by atoms with van der Waals surface area (Å²) in [6.07, 6.45) is -20.3. The number of hydrogen-bond donors (Lipinski definition) is 0. The Kier molecular flexibility index (Phi) is 7.28. The molecule has 1 aliphatic rings. The SMILES string of the molecule is O=C(OC1OCCOC1OC(=O)C(F)(F)C(F)(F)C(F)(F)F)C(F)(F)C(F)(F)C(F)(F)F. The molecular weight excluding hydrogens is 506 g/mol. The smallest absolute Gasteiger partial charge is 0.424 e. The largest absolute Gasteiger partial charge is 0.460 e. The quantitative estimate of drug-likeness (QED) is 0.402. The molecule has 20 heteroatoms. The number of ether oxygens (including phenoxy) is 4. The number of carbonyl (C=O) groups is 2. The van der Waals surface area contributed by atoms with Crippen molar-refractivity contribution in [3.8, 4) is 0 Å². The molecule has 2 atom stereocenters. The highest BCUT2D eigenvalue weighted by Gasteiger charge is 2.78. The molecule has 1 saturated heterocycles. The molecule has 0 amide bonds. The molecule has 0 aliphatic carbocycles. The van der Waals surface area contributed by atoms with Crippen molar-refractivity contribution >= 4 is 11.9 Å². The predicted octanol–water partition coefficient (Wildman–Crippen LogP) is 3.44. The van der Waals surface area contributed by atoms with Gasteiger partial charge in [-0.15, -0.1) is 0 Å². The van der Waals surface area contributed by atoms with Gasteiger partial charge in [-0.25, -0.2) is 9.59 Å². The molecular formula is C12H6F14O6. The Balaban J connectivity index is 3.07. The highest BCUT2D eigenvalue weighted by Crippen LogP contribution is 2.48. The molecule has 188 valence electrons. The standard InChI is InChI=1S/C12H6F14O6/c13-7(14,9(17,18)11(21,22)23)5(27)31-3-4(30-2-1-29-3)32-6(28)8(15,16)10(19,20)12(24,25)26/h3-4H,1-2H2. The zero-order chi connectivity index (χ0) is 25.6. The third kappa shape index (κ3) is 4.79. The molecule has 0 bridgehead atoms. The summed E-state index contributed by atoms with van der Waals surface area (Å²) in [5.41, 5.74) is 0. The third-order valence-electron chi connectivity index (χ3n) is 3.33. The van der Waals surface area contributed by atoms with Crippen molar-refractivity contribution in [2.45, 2.75) is 48.6 Å². The van der Waals surface area contributed by atoms with E-state index in [-0.39, 0.29) is 0 Å². The summed E-state index contributed by atoms with van der Waals surface area (Å²) >= 11 is 0. The summed E-state index contributed by atoms with van der Waals surface area (Å²) < 4.78 is 191. The van der Waals surface area contributed by atoms with E-state index < -0.39 is 73.8 Å². The Morgan fingerprint density at radius 3 is 1.03 bits per heavy atom. The van der Waals surface area contributed by atoms with E-state index >= 15 is 0 Å². The third-order valence-corrected chi connectivity index (χ3v) is 3.33. The molecule has 0 N–H and O–H groups in total. The molecule has 32 heavy (non-hydrogen) atoms. The van der Waals surface area contributed by atoms with Gasteiger partial charge in [0.05, 0.1) is 13.2 Å². The van der Waals surface area contributed by atoms with Crippen LogP contribution in [0.1, 0.15) is 0 Å². The first-order chi connectivity index (χ1) is 14.0. The molecule has 1 rings (SSSR count). The lowest BCUT2D eigenvalue weighted by atomic mass is 10.1. The van der Waals surface area contributed by atoms with Crippen LogP contribution in [0.4, 0.5) is 61.5 Å². The lowest BCUT2D eigenvalue weighted by Crippen LogP contribution is -2.59. The van der Waals surface area contributed by atoms with Gasteiger partial charge in [-0.3, -0.25) is 0 Å². The number of alkyl halides is 14. The maximum Gasteiger partial charge on any atom is 0.460 e. The van der Waals surface area contributed by atoms with Crippen LogP contribution >= 0.6 is 0 Å². The summed E-state index contributed by atoms with van der Waals surface area (Å²) in [6.45, 7) is -1.83. The van der Waals surface area contributed by atoms with E-state index in [0.29, 0.717) is 0 Å². The first kappa shape index (κ1) is 27.9. The normalized spacial score (nSPS) is 21.8. The lowest BCUT2D eigenvalue weighted by molar-refractivity contribution is -0.364. The summed E-state index contributed by atoms with van der Waals surface area (Å²) in [6, 6.07) is 0. The number of hydrogen-bond acceptors (Lipinski definition) is 6. The van der Waals surface area contributed by atoms with E-state index in [0.717, 1.165) is 0 Å². The van der Waals surface area contributed by atoms with Crippen molar-refractivity contribution in [2.75, 3.05) is 13.2 Å². The van der Waals surface area contributed by atoms with Crippen LogP contribution in [-0.4, -0.2) is 73.8 Å². The van der Waals surface area contributed by atoms with Gasteiger partial charge in [0.15, 0.2) is 0 Å². The van der Waals surface area contributed by atoms with Crippen LogP contribution < -0.4 is 0 Å². The second-order valence-electron chi connectivity index (χ2n) is 5.58. The molecule has 6 nitrogen and oxygen atoms in total. The van der Waals surface area contributed by atoms with E-state index in [9.17, 15) is 71.1 Å². The van der Waals surface area contributed by atoms with Crippen LogP contribution in [-0.2, 0) is 28.5 Å². The van der Waals surface area contributed by atoms with Crippen LogP contribution in [0.2, 0.25) is 0 Å². The number of carbonyl (C=O) groups excluding carboxylic acids is 2. The van der Waals surface area contributed by atoms with E-state index in [1.807, 2.05) is 0 Å². The van der Waals surface area contributed by atoms with Gasteiger partial charge in [0.2, 0.25) is 0 Å². The van der Waals surface area contributed by atoms with E-state index in [4.69, 9.17) is 0 Å². The van der Waals surface area contributed by atoms with E-state index in [1.165, 1.54) is 0 Å². The van der Waals surface area contributed by atoms with Gasteiger partial charge in [-0.2, -0.15) is 61.5 Å². The zero-order valence-corrected chi connectivity index (χ0v) is 14.3. The minimum Gasteiger partial charge on any atom is -0.424 e. The molecule has 1 aliphatic heterocycles. The average molecular weight is 512 g/mol. The zero-order valence-electron chi connectivity index (χ0n) is 14.3. The van der Waals surface area contributed by atoms with Gasteiger partial charge in [0.25, 0.3) is 12.6 Å². The van der Waals surface area contributed by atoms with E-state index in [2.05, 4.69) is 18.9 Å². The predicted molar refractivity (Wildman–Crippen MR) is 63.6 cm³/mol. The fourth-order valence-electron chi connectivity index (χ4n) is 1.64. The first-order valence-corrected chi connectivity index (χ1v) is 7.32. The molecule has 0 aromatic heterocycles. The maximum absolute atomic E-state index is 13.2. The highest BCUT2D eigenvalue weighted by molar-refractivity contribution is 5.80. The van der Waals surface area contributed by atoms with Gasteiger partial charge >= 0.3 is 48.0 Å². The number of esters is 2. The van der Waals surface area contributed by atoms with Crippen molar-refractivity contribution < 1.29 is 90.0 Å². The van der Waals surface area contributed by atoms with Gasteiger partial charge in [-0.1, -0.05) is 0 Å². The molecule has 0 radical (unpaired) electrons. The highest BCUT2D eigenvalue weighted by atomic mass is 19.4. The Hall–Kier alpha value is -2.12. The summed E-state index contributed by atoms with van der Waals surface area (Å²) in [7, 11) is 0. The fraction of sp³-hybridized carbons (Fsp3) is 0.833. The molecule has 0 aromatic carbocycles. The summed E-state index contributed by atoms with van der Waals surface area (Å²) in [4.78, 5) is 22.2. The van der Waals surface area contributed by atoms with Gasteiger partial charge in [-0.05, 0) is 0 Å². The van der Waals surface area contributed by atoms with Crippen LogP contribution in [0, 0.1) is 0 Å².